The molecule has 2 rings (SSSR count). The van der Waals surface area contributed by atoms with E-state index in [4.69, 9.17) is 0 Å². The molecular weight excluding hydrogens is 336 g/mol. The summed E-state index contributed by atoms with van der Waals surface area (Å²) in [6, 6.07) is 8.41. The van der Waals surface area contributed by atoms with Gasteiger partial charge in [-0.3, -0.25) is 4.90 Å². The highest BCUT2D eigenvalue weighted by molar-refractivity contribution is 9.10. The average Bonchev–Trinajstić information content (AvgIpc) is 2.86. The molecule has 0 aliphatic carbocycles. The smallest absolute Gasteiger partial charge is 0.205 e. The van der Waals surface area contributed by atoms with Crippen LogP contribution in [0.15, 0.2) is 28.7 Å². The van der Waals surface area contributed by atoms with Gasteiger partial charge < -0.3 is 5.32 Å². The molecule has 108 valence electrons. The van der Waals surface area contributed by atoms with Crippen LogP contribution in [-0.4, -0.2) is 28.7 Å². The van der Waals surface area contributed by atoms with E-state index in [2.05, 4.69) is 74.6 Å². The summed E-state index contributed by atoms with van der Waals surface area (Å²) in [5.74, 6) is 0. The van der Waals surface area contributed by atoms with Gasteiger partial charge in [0, 0.05) is 17.6 Å². The second-order valence-electron chi connectivity index (χ2n) is 4.73. The summed E-state index contributed by atoms with van der Waals surface area (Å²) in [7, 11) is 2.10. The molecule has 0 saturated heterocycles. The molecule has 0 aliphatic heterocycles. The number of nitrogens with one attached hydrogen (secondary N) is 1. The van der Waals surface area contributed by atoms with E-state index in [0.717, 1.165) is 40.7 Å². The van der Waals surface area contributed by atoms with Crippen LogP contribution in [0.5, 0.6) is 0 Å². The maximum Gasteiger partial charge on any atom is 0.205 e. The second-order valence-corrected chi connectivity index (χ2v) is 6.70. The first-order chi connectivity index (χ1) is 9.67. The van der Waals surface area contributed by atoms with Gasteiger partial charge in [0.15, 0.2) is 0 Å². The molecule has 1 aromatic carbocycles. The summed E-state index contributed by atoms with van der Waals surface area (Å²) < 4.78 is 1.11. The molecule has 2 aromatic rings. The molecule has 0 saturated carbocycles. The van der Waals surface area contributed by atoms with Gasteiger partial charge >= 0.3 is 0 Å². The van der Waals surface area contributed by atoms with Crippen molar-refractivity contribution in [1.29, 1.82) is 0 Å². The van der Waals surface area contributed by atoms with E-state index in [1.54, 1.807) is 11.3 Å². The Morgan fingerprint density at radius 2 is 1.95 bits per heavy atom. The van der Waals surface area contributed by atoms with Crippen LogP contribution >= 0.6 is 27.3 Å². The average molecular weight is 355 g/mol. The maximum absolute atomic E-state index is 4.22. The Kier molecular flexibility index (Phi) is 5.94. The maximum atomic E-state index is 4.22. The Labute approximate surface area is 132 Å². The van der Waals surface area contributed by atoms with Crippen molar-refractivity contribution in [3.05, 3.63) is 39.3 Å². The van der Waals surface area contributed by atoms with Gasteiger partial charge in [0.05, 0.1) is 6.54 Å². The largest absolute Gasteiger partial charge is 0.360 e. The highest BCUT2D eigenvalue weighted by Crippen LogP contribution is 2.18. The van der Waals surface area contributed by atoms with Crippen LogP contribution in [0.3, 0.4) is 0 Å². The fraction of sp³-hybridized carbons (Fsp3) is 0.429. The van der Waals surface area contributed by atoms with Crippen molar-refractivity contribution in [2.45, 2.75) is 26.4 Å². The molecule has 0 aliphatic rings. The normalized spacial score (nSPS) is 11.0. The standard InChI is InChI=1S/C14H19BrN4S/c1-3-8-16-14-18-17-13(20-14)10-19(2)9-11-4-6-12(15)7-5-11/h4-7H,3,8-10H2,1-2H3,(H,16,18). The summed E-state index contributed by atoms with van der Waals surface area (Å²) in [6.45, 7) is 4.82. The third-order valence-corrected chi connectivity index (χ3v) is 4.16. The molecule has 1 heterocycles. The quantitative estimate of drug-likeness (QED) is 0.821. The highest BCUT2D eigenvalue weighted by Gasteiger charge is 2.07. The lowest BCUT2D eigenvalue weighted by molar-refractivity contribution is 0.317. The van der Waals surface area contributed by atoms with Crippen LogP contribution in [0.2, 0.25) is 0 Å². The number of hydrogen-bond acceptors (Lipinski definition) is 5. The van der Waals surface area contributed by atoms with Crippen LogP contribution < -0.4 is 5.32 Å². The van der Waals surface area contributed by atoms with Crippen molar-refractivity contribution in [3.8, 4) is 0 Å². The van der Waals surface area contributed by atoms with Gasteiger partial charge in [-0.25, -0.2) is 0 Å². The van der Waals surface area contributed by atoms with E-state index in [9.17, 15) is 0 Å². The highest BCUT2D eigenvalue weighted by atomic mass is 79.9. The zero-order valence-electron chi connectivity index (χ0n) is 11.8. The molecule has 0 spiro atoms. The van der Waals surface area contributed by atoms with E-state index in [1.807, 2.05) is 0 Å². The summed E-state index contributed by atoms with van der Waals surface area (Å²) in [5, 5.41) is 13.6. The summed E-state index contributed by atoms with van der Waals surface area (Å²) in [5.41, 5.74) is 1.30. The zero-order chi connectivity index (χ0) is 14.4. The van der Waals surface area contributed by atoms with E-state index in [1.165, 1.54) is 5.56 Å². The van der Waals surface area contributed by atoms with E-state index in [0.29, 0.717) is 0 Å². The molecule has 6 heteroatoms. The number of benzene rings is 1. The SMILES string of the molecule is CCCNc1nnc(CN(C)Cc2ccc(Br)cc2)s1. The number of anilines is 1. The third kappa shape index (κ3) is 4.85. The minimum atomic E-state index is 0.821. The summed E-state index contributed by atoms with van der Waals surface area (Å²) in [4.78, 5) is 2.24. The molecule has 4 nitrogen and oxygen atoms in total. The van der Waals surface area contributed by atoms with Gasteiger partial charge in [0.25, 0.3) is 0 Å². The minimum absolute atomic E-state index is 0.821. The van der Waals surface area contributed by atoms with Crippen LogP contribution in [0.25, 0.3) is 0 Å². The molecule has 1 aromatic heterocycles. The number of halogens is 1. The van der Waals surface area contributed by atoms with Crippen molar-refractivity contribution in [2.24, 2.45) is 0 Å². The first-order valence-corrected chi connectivity index (χ1v) is 8.27. The van der Waals surface area contributed by atoms with Gasteiger partial charge in [0.2, 0.25) is 5.13 Å². The van der Waals surface area contributed by atoms with Gasteiger partial charge in [-0.15, -0.1) is 10.2 Å². The molecule has 0 amide bonds. The Morgan fingerprint density at radius 1 is 1.20 bits per heavy atom. The molecule has 0 fully saturated rings. The van der Waals surface area contributed by atoms with Crippen LogP contribution in [0, 0.1) is 0 Å². The zero-order valence-corrected chi connectivity index (χ0v) is 14.2. The number of aromatic nitrogens is 2. The Morgan fingerprint density at radius 3 is 2.65 bits per heavy atom. The fourth-order valence-corrected chi connectivity index (χ4v) is 2.92. The summed E-state index contributed by atoms with van der Waals surface area (Å²) in [6.07, 6.45) is 1.10. The molecule has 0 bridgehead atoms. The second kappa shape index (κ2) is 7.71. The first kappa shape index (κ1) is 15.4. The topological polar surface area (TPSA) is 41.1 Å². The van der Waals surface area contributed by atoms with Gasteiger partial charge in [-0.1, -0.05) is 46.3 Å². The fourth-order valence-electron chi connectivity index (χ4n) is 1.81. The van der Waals surface area contributed by atoms with E-state index >= 15 is 0 Å². The Balaban J connectivity index is 1.86. The van der Waals surface area contributed by atoms with Crippen LogP contribution in [0.1, 0.15) is 23.9 Å². The number of nitrogens with zero attached hydrogens (tertiary/aromatic N) is 3. The molecule has 1 N–H and O–H groups in total. The monoisotopic (exact) mass is 354 g/mol. The Bertz CT molecular complexity index is 526. The number of hydrogen-bond donors (Lipinski definition) is 1. The summed E-state index contributed by atoms with van der Waals surface area (Å²) >= 11 is 5.08. The molecule has 0 atom stereocenters. The first-order valence-electron chi connectivity index (χ1n) is 6.66. The van der Waals surface area contributed by atoms with Gasteiger partial charge in [0.1, 0.15) is 5.01 Å². The van der Waals surface area contributed by atoms with Crippen LogP contribution in [-0.2, 0) is 13.1 Å². The molecule has 0 radical (unpaired) electrons. The van der Waals surface area contributed by atoms with Gasteiger partial charge in [-0.05, 0) is 31.2 Å². The van der Waals surface area contributed by atoms with E-state index < -0.39 is 0 Å². The van der Waals surface area contributed by atoms with Crippen molar-refractivity contribution >= 4 is 32.4 Å². The molecular formula is C14H19BrN4S. The Hall–Kier alpha value is -0.980. The predicted octanol–water partition coefficient (Wildman–Crippen LogP) is 3.75. The minimum Gasteiger partial charge on any atom is -0.360 e. The molecule has 20 heavy (non-hydrogen) atoms. The molecule has 0 unspecified atom stereocenters. The lowest BCUT2D eigenvalue weighted by Crippen LogP contribution is -2.17. The number of rotatable bonds is 7. The van der Waals surface area contributed by atoms with Crippen molar-refractivity contribution in [2.75, 3.05) is 18.9 Å². The lowest BCUT2D eigenvalue weighted by Gasteiger charge is -2.14. The van der Waals surface area contributed by atoms with Crippen molar-refractivity contribution in [1.82, 2.24) is 15.1 Å². The predicted molar refractivity (Wildman–Crippen MR) is 88.0 cm³/mol. The van der Waals surface area contributed by atoms with Crippen LogP contribution in [0.4, 0.5) is 5.13 Å². The van der Waals surface area contributed by atoms with Gasteiger partial charge in [-0.2, -0.15) is 0 Å². The van der Waals surface area contributed by atoms with Crippen molar-refractivity contribution in [3.63, 3.8) is 0 Å². The van der Waals surface area contributed by atoms with E-state index in [-0.39, 0.29) is 0 Å². The lowest BCUT2D eigenvalue weighted by atomic mass is 10.2. The van der Waals surface area contributed by atoms with Crippen molar-refractivity contribution < 1.29 is 0 Å². The third-order valence-electron chi connectivity index (χ3n) is 2.76.